The van der Waals surface area contributed by atoms with Gasteiger partial charge >= 0.3 is 0 Å². The molecule has 1 aromatic rings. The van der Waals surface area contributed by atoms with Crippen LogP contribution in [0.2, 0.25) is 0 Å². The Balaban J connectivity index is 1.54. The van der Waals surface area contributed by atoms with Gasteiger partial charge in [-0.3, -0.25) is 4.90 Å². The van der Waals surface area contributed by atoms with E-state index in [1.165, 1.54) is 38.5 Å². The Morgan fingerprint density at radius 1 is 1.19 bits per heavy atom. The Bertz CT molecular complexity index is 506. The van der Waals surface area contributed by atoms with Crippen LogP contribution in [0.4, 0.5) is 4.39 Å². The molecule has 1 unspecified atom stereocenters. The minimum Gasteiger partial charge on any atom is -0.308 e. The SMILES string of the molecule is Fc1ccccc1CN1CC2(CCCC2)NCC1C1CC1. The summed E-state index contributed by atoms with van der Waals surface area (Å²) in [6.07, 6.45) is 7.97. The lowest BCUT2D eigenvalue weighted by Crippen LogP contribution is -2.63. The number of nitrogens with zero attached hydrogens (tertiary/aromatic N) is 1. The normalized spacial score (nSPS) is 29.1. The fourth-order valence-corrected chi connectivity index (χ4v) is 4.36. The average Bonchev–Trinajstić information content (AvgIpc) is 3.23. The fraction of sp³-hybridized carbons (Fsp3) is 0.667. The lowest BCUT2D eigenvalue weighted by Gasteiger charge is -2.47. The monoisotopic (exact) mass is 288 g/mol. The zero-order valence-electron chi connectivity index (χ0n) is 12.7. The van der Waals surface area contributed by atoms with Crippen LogP contribution in [0.25, 0.3) is 0 Å². The maximum atomic E-state index is 14.0. The van der Waals surface area contributed by atoms with Gasteiger partial charge in [-0.25, -0.2) is 4.39 Å². The molecule has 4 rings (SSSR count). The highest BCUT2D eigenvalue weighted by Crippen LogP contribution is 2.41. The number of nitrogens with one attached hydrogen (secondary N) is 1. The first-order valence-corrected chi connectivity index (χ1v) is 8.48. The molecule has 3 aliphatic rings. The second kappa shape index (κ2) is 5.36. The third kappa shape index (κ3) is 2.74. The highest BCUT2D eigenvalue weighted by molar-refractivity contribution is 5.18. The van der Waals surface area contributed by atoms with E-state index in [0.717, 1.165) is 31.1 Å². The zero-order chi connectivity index (χ0) is 14.3. The molecule has 2 aliphatic carbocycles. The van der Waals surface area contributed by atoms with E-state index in [1.807, 2.05) is 12.1 Å². The van der Waals surface area contributed by atoms with Gasteiger partial charge in [0.05, 0.1) is 0 Å². The maximum absolute atomic E-state index is 14.0. The molecule has 0 radical (unpaired) electrons. The van der Waals surface area contributed by atoms with Crippen LogP contribution in [0.15, 0.2) is 24.3 Å². The molecule has 1 saturated heterocycles. The molecule has 1 aromatic carbocycles. The Labute approximate surface area is 126 Å². The first kappa shape index (κ1) is 13.7. The van der Waals surface area contributed by atoms with Crippen molar-refractivity contribution in [3.63, 3.8) is 0 Å². The highest BCUT2D eigenvalue weighted by Gasteiger charge is 2.45. The molecule has 0 amide bonds. The molecule has 114 valence electrons. The van der Waals surface area contributed by atoms with Crippen LogP contribution in [0.3, 0.4) is 0 Å². The number of rotatable bonds is 3. The largest absolute Gasteiger partial charge is 0.308 e. The Morgan fingerprint density at radius 3 is 2.67 bits per heavy atom. The molecule has 0 aromatic heterocycles. The first-order valence-electron chi connectivity index (χ1n) is 8.48. The van der Waals surface area contributed by atoms with E-state index in [0.29, 0.717) is 11.6 Å². The van der Waals surface area contributed by atoms with Crippen LogP contribution in [-0.2, 0) is 6.54 Å². The van der Waals surface area contributed by atoms with Crippen LogP contribution < -0.4 is 5.32 Å². The third-order valence-electron chi connectivity index (χ3n) is 5.72. The van der Waals surface area contributed by atoms with Crippen LogP contribution >= 0.6 is 0 Å². The van der Waals surface area contributed by atoms with Gasteiger partial charge in [-0.1, -0.05) is 31.0 Å². The summed E-state index contributed by atoms with van der Waals surface area (Å²) in [5, 5.41) is 3.86. The van der Waals surface area contributed by atoms with Gasteiger partial charge in [-0.05, 0) is 37.7 Å². The first-order chi connectivity index (χ1) is 10.3. The van der Waals surface area contributed by atoms with E-state index >= 15 is 0 Å². The molecule has 2 saturated carbocycles. The summed E-state index contributed by atoms with van der Waals surface area (Å²) in [6.45, 7) is 2.97. The number of benzene rings is 1. The number of hydrogen-bond acceptors (Lipinski definition) is 2. The van der Waals surface area contributed by atoms with Gasteiger partial charge in [0.2, 0.25) is 0 Å². The van der Waals surface area contributed by atoms with Crippen molar-refractivity contribution in [1.29, 1.82) is 0 Å². The van der Waals surface area contributed by atoms with E-state index in [4.69, 9.17) is 0 Å². The molecular formula is C18H25FN2. The Kier molecular flexibility index (Phi) is 3.50. The number of piperazine rings is 1. The van der Waals surface area contributed by atoms with E-state index in [1.54, 1.807) is 12.1 Å². The Hall–Kier alpha value is -0.930. The summed E-state index contributed by atoms with van der Waals surface area (Å²) >= 11 is 0. The highest BCUT2D eigenvalue weighted by atomic mass is 19.1. The quantitative estimate of drug-likeness (QED) is 0.918. The van der Waals surface area contributed by atoms with Crippen molar-refractivity contribution in [1.82, 2.24) is 10.2 Å². The van der Waals surface area contributed by atoms with Crippen molar-refractivity contribution in [3.05, 3.63) is 35.6 Å². The molecular weight excluding hydrogens is 263 g/mol. The molecule has 0 bridgehead atoms. The molecule has 3 fully saturated rings. The van der Waals surface area contributed by atoms with E-state index in [9.17, 15) is 4.39 Å². The van der Waals surface area contributed by atoms with Crippen molar-refractivity contribution in [2.45, 2.75) is 56.7 Å². The van der Waals surface area contributed by atoms with E-state index < -0.39 is 0 Å². The number of hydrogen-bond donors (Lipinski definition) is 1. The van der Waals surface area contributed by atoms with Gasteiger partial charge in [0.15, 0.2) is 0 Å². The Morgan fingerprint density at radius 2 is 1.95 bits per heavy atom. The predicted molar refractivity (Wildman–Crippen MR) is 82.5 cm³/mol. The lowest BCUT2D eigenvalue weighted by molar-refractivity contribution is 0.0618. The second-order valence-electron chi connectivity index (χ2n) is 7.27. The minimum atomic E-state index is -0.0500. The second-order valence-corrected chi connectivity index (χ2v) is 7.27. The van der Waals surface area contributed by atoms with Gasteiger partial charge in [-0.15, -0.1) is 0 Å². The summed E-state index contributed by atoms with van der Waals surface area (Å²) in [5.41, 5.74) is 1.18. The molecule has 1 aliphatic heterocycles. The van der Waals surface area contributed by atoms with Gasteiger partial charge in [0.25, 0.3) is 0 Å². The summed E-state index contributed by atoms with van der Waals surface area (Å²) in [6, 6.07) is 7.89. The van der Waals surface area contributed by atoms with E-state index in [2.05, 4.69) is 10.2 Å². The molecule has 1 heterocycles. The van der Waals surface area contributed by atoms with Crippen molar-refractivity contribution in [3.8, 4) is 0 Å². The zero-order valence-corrected chi connectivity index (χ0v) is 12.7. The van der Waals surface area contributed by atoms with Crippen molar-refractivity contribution in [2.24, 2.45) is 5.92 Å². The topological polar surface area (TPSA) is 15.3 Å². The van der Waals surface area contributed by atoms with Gasteiger partial charge in [0.1, 0.15) is 5.82 Å². The molecule has 3 heteroatoms. The summed E-state index contributed by atoms with van der Waals surface area (Å²) in [4.78, 5) is 2.58. The fourth-order valence-electron chi connectivity index (χ4n) is 4.36. The predicted octanol–water partition coefficient (Wildman–Crippen LogP) is 3.32. The van der Waals surface area contributed by atoms with Crippen LogP contribution in [0, 0.1) is 11.7 Å². The van der Waals surface area contributed by atoms with Gasteiger partial charge < -0.3 is 5.32 Å². The van der Waals surface area contributed by atoms with Crippen molar-refractivity contribution < 1.29 is 4.39 Å². The molecule has 1 spiro atoms. The third-order valence-corrected chi connectivity index (χ3v) is 5.72. The molecule has 1 atom stereocenters. The summed E-state index contributed by atoms with van der Waals surface area (Å²) in [5.74, 6) is 0.786. The lowest BCUT2D eigenvalue weighted by atomic mass is 9.90. The summed E-state index contributed by atoms with van der Waals surface area (Å²) < 4.78 is 14.0. The van der Waals surface area contributed by atoms with E-state index in [-0.39, 0.29) is 5.82 Å². The molecule has 1 N–H and O–H groups in total. The maximum Gasteiger partial charge on any atom is 0.127 e. The van der Waals surface area contributed by atoms with Crippen molar-refractivity contribution >= 4 is 0 Å². The summed E-state index contributed by atoms with van der Waals surface area (Å²) in [7, 11) is 0. The average molecular weight is 288 g/mol. The number of halogens is 1. The van der Waals surface area contributed by atoms with Crippen molar-refractivity contribution in [2.75, 3.05) is 13.1 Å². The van der Waals surface area contributed by atoms with Crippen LogP contribution in [0.1, 0.15) is 44.1 Å². The van der Waals surface area contributed by atoms with Crippen LogP contribution in [-0.4, -0.2) is 29.6 Å². The van der Waals surface area contributed by atoms with Gasteiger partial charge in [0, 0.05) is 36.8 Å². The molecule has 21 heavy (non-hydrogen) atoms. The van der Waals surface area contributed by atoms with Gasteiger partial charge in [-0.2, -0.15) is 0 Å². The standard InChI is InChI=1S/C18H25FN2/c19-16-6-2-1-5-15(16)12-21-13-18(9-3-4-10-18)20-11-17(21)14-7-8-14/h1-2,5-6,14,17,20H,3-4,7-13H2. The smallest absolute Gasteiger partial charge is 0.127 e. The van der Waals surface area contributed by atoms with Crippen LogP contribution in [0.5, 0.6) is 0 Å². The minimum absolute atomic E-state index is 0.0500. The molecule has 2 nitrogen and oxygen atoms in total.